The summed E-state index contributed by atoms with van der Waals surface area (Å²) in [6.07, 6.45) is 1.27. The van der Waals surface area contributed by atoms with Gasteiger partial charge in [-0.3, -0.25) is 9.59 Å². The highest BCUT2D eigenvalue weighted by Gasteiger charge is 2.35. The number of phenols is 2. The SMILES string of the molecule is COc1cc(C2CC(=O)Oc3cc(O)c4c(=O)c(-c5ccc(O)cc5)coc4c32)cc2c1OCO2. The predicted octanol–water partition coefficient (Wildman–Crippen LogP) is 4.05. The van der Waals surface area contributed by atoms with Gasteiger partial charge in [-0.2, -0.15) is 0 Å². The van der Waals surface area contributed by atoms with Crippen molar-refractivity contribution < 1.29 is 38.4 Å². The summed E-state index contributed by atoms with van der Waals surface area (Å²) in [5.41, 5.74) is 1.49. The number of phenolic OH excluding ortho intramolecular Hbond substituents is 2. The molecule has 2 N–H and O–H groups in total. The van der Waals surface area contributed by atoms with Gasteiger partial charge in [0.15, 0.2) is 11.5 Å². The summed E-state index contributed by atoms with van der Waals surface area (Å²) in [6.45, 7) is 0.0458. The number of hydrogen-bond donors (Lipinski definition) is 2. The van der Waals surface area contributed by atoms with Crippen molar-refractivity contribution in [1.29, 1.82) is 0 Å². The Kier molecular flexibility index (Phi) is 4.60. The Morgan fingerprint density at radius 3 is 2.57 bits per heavy atom. The van der Waals surface area contributed by atoms with E-state index >= 15 is 0 Å². The molecule has 9 heteroatoms. The van der Waals surface area contributed by atoms with E-state index in [9.17, 15) is 19.8 Å². The van der Waals surface area contributed by atoms with Gasteiger partial charge < -0.3 is 33.6 Å². The number of fused-ring (bicyclic) bond motifs is 4. The Bertz CT molecular complexity index is 1570. The van der Waals surface area contributed by atoms with Crippen molar-refractivity contribution in [2.24, 2.45) is 0 Å². The fraction of sp³-hybridized carbons (Fsp3) is 0.154. The van der Waals surface area contributed by atoms with Crippen molar-refractivity contribution >= 4 is 16.9 Å². The number of ether oxygens (including phenoxy) is 4. The average Bonchev–Trinajstić information content (AvgIpc) is 3.32. The molecule has 176 valence electrons. The van der Waals surface area contributed by atoms with Gasteiger partial charge >= 0.3 is 5.97 Å². The predicted molar refractivity (Wildman–Crippen MR) is 122 cm³/mol. The normalized spacial score (nSPS) is 16.1. The van der Waals surface area contributed by atoms with Gasteiger partial charge in [0.25, 0.3) is 0 Å². The van der Waals surface area contributed by atoms with Crippen molar-refractivity contribution in [3.8, 4) is 45.6 Å². The number of rotatable bonds is 3. The molecule has 4 aromatic rings. The molecule has 0 amide bonds. The molecule has 0 aliphatic carbocycles. The Hall–Kier alpha value is -4.66. The first kappa shape index (κ1) is 20.9. The molecule has 2 aliphatic rings. The minimum Gasteiger partial charge on any atom is -0.508 e. The lowest BCUT2D eigenvalue weighted by atomic mass is 9.84. The van der Waals surface area contributed by atoms with Gasteiger partial charge in [-0.1, -0.05) is 12.1 Å². The fourth-order valence-corrected chi connectivity index (χ4v) is 4.61. The molecule has 6 rings (SSSR count). The number of carbonyl (C=O) groups is 1. The molecule has 0 saturated carbocycles. The van der Waals surface area contributed by atoms with E-state index in [2.05, 4.69) is 0 Å². The van der Waals surface area contributed by atoms with Crippen LogP contribution in [0.15, 0.2) is 57.9 Å². The maximum Gasteiger partial charge on any atom is 0.312 e. The number of esters is 1. The van der Waals surface area contributed by atoms with Crippen LogP contribution >= 0.6 is 0 Å². The molecule has 0 saturated heterocycles. The van der Waals surface area contributed by atoms with E-state index in [-0.39, 0.29) is 47.0 Å². The zero-order valence-corrected chi connectivity index (χ0v) is 18.4. The third kappa shape index (κ3) is 3.23. The number of methoxy groups -OCH3 is 1. The lowest BCUT2D eigenvalue weighted by Gasteiger charge is -2.26. The topological polar surface area (TPSA) is 125 Å². The minimum absolute atomic E-state index is 0.0287. The minimum atomic E-state index is -0.569. The summed E-state index contributed by atoms with van der Waals surface area (Å²) < 4.78 is 27.8. The standard InChI is InChI=1S/C26H18O9/c1-31-19-6-13(7-20-25(19)34-11-33-20)15-8-21(29)35-18-9-17(28)23-24(30)16(10-32-26(23)22(15)18)12-2-4-14(27)5-3-12/h2-7,9-10,15,27-28H,8,11H2,1H3. The van der Waals surface area contributed by atoms with Crippen LogP contribution in [0.3, 0.4) is 0 Å². The van der Waals surface area contributed by atoms with E-state index in [0.29, 0.717) is 33.9 Å². The van der Waals surface area contributed by atoms with E-state index in [1.165, 1.54) is 31.6 Å². The molecule has 0 spiro atoms. The summed E-state index contributed by atoms with van der Waals surface area (Å²) >= 11 is 0. The maximum atomic E-state index is 13.4. The van der Waals surface area contributed by atoms with E-state index < -0.39 is 17.3 Å². The highest BCUT2D eigenvalue weighted by Crippen LogP contribution is 2.49. The molecule has 3 aromatic carbocycles. The van der Waals surface area contributed by atoms with Gasteiger partial charge in [-0.05, 0) is 35.4 Å². The van der Waals surface area contributed by atoms with E-state index in [1.54, 1.807) is 24.3 Å². The fourth-order valence-electron chi connectivity index (χ4n) is 4.61. The molecular formula is C26H18O9. The number of hydrogen-bond acceptors (Lipinski definition) is 9. The average molecular weight is 474 g/mol. The van der Waals surface area contributed by atoms with Crippen molar-refractivity contribution in [2.45, 2.75) is 12.3 Å². The van der Waals surface area contributed by atoms with Gasteiger partial charge in [0.1, 0.15) is 34.5 Å². The van der Waals surface area contributed by atoms with Gasteiger partial charge in [0.2, 0.25) is 18.0 Å². The first-order valence-electron chi connectivity index (χ1n) is 10.7. The van der Waals surface area contributed by atoms with Gasteiger partial charge in [-0.15, -0.1) is 0 Å². The van der Waals surface area contributed by atoms with Crippen LogP contribution in [0.2, 0.25) is 0 Å². The lowest BCUT2D eigenvalue weighted by Crippen LogP contribution is -2.22. The van der Waals surface area contributed by atoms with E-state index in [4.69, 9.17) is 23.4 Å². The third-order valence-corrected chi connectivity index (χ3v) is 6.23. The Morgan fingerprint density at radius 2 is 1.80 bits per heavy atom. The smallest absolute Gasteiger partial charge is 0.312 e. The third-order valence-electron chi connectivity index (χ3n) is 6.23. The molecule has 0 bridgehead atoms. The van der Waals surface area contributed by atoms with E-state index in [1.807, 2.05) is 0 Å². The first-order chi connectivity index (χ1) is 16.9. The number of benzene rings is 3. The van der Waals surface area contributed by atoms with Gasteiger partial charge in [-0.25, -0.2) is 0 Å². The summed E-state index contributed by atoms with van der Waals surface area (Å²) in [5, 5.41) is 20.3. The van der Waals surface area contributed by atoms with Crippen molar-refractivity contribution in [1.82, 2.24) is 0 Å². The molecular weight excluding hydrogens is 456 g/mol. The zero-order chi connectivity index (χ0) is 24.3. The van der Waals surface area contributed by atoms with Gasteiger partial charge in [0, 0.05) is 17.5 Å². The van der Waals surface area contributed by atoms with Crippen molar-refractivity contribution in [3.05, 3.63) is 70.1 Å². The lowest BCUT2D eigenvalue weighted by molar-refractivity contribution is -0.135. The Morgan fingerprint density at radius 1 is 1.00 bits per heavy atom. The highest BCUT2D eigenvalue weighted by molar-refractivity contribution is 5.94. The van der Waals surface area contributed by atoms with Crippen LogP contribution in [0.25, 0.3) is 22.1 Å². The summed E-state index contributed by atoms with van der Waals surface area (Å²) in [5.74, 6) is 0.100. The van der Waals surface area contributed by atoms with Crippen LogP contribution in [0.4, 0.5) is 0 Å². The summed E-state index contributed by atoms with van der Waals surface area (Å²) in [6, 6.07) is 10.8. The van der Waals surface area contributed by atoms with Crippen LogP contribution in [0, 0.1) is 0 Å². The van der Waals surface area contributed by atoms with Crippen molar-refractivity contribution in [3.63, 3.8) is 0 Å². The van der Waals surface area contributed by atoms with E-state index in [0.717, 1.165) is 0 Å². The monoisotopic (exact) mass is 474 g/mol. The zero-order valence-electron chi connectivity index (χ0n) is 18.4. The maximum absolute atomic E-state index is 13.4. The molecule has 0 radical (unpaired) electrons. The Labute approximate surface area is 197 Å². The van der Waals surface area contributed by atoms with Gasteiger partial charge in [0.05, 0.1) is 19.1 Å². The largest absolute Gasteiger partial charge is 0.508 e. The molecule has 9 nitrogen and oxygen atoms in total. The number of aromatic hydroxyl groups is 2. The highest BCUT2D eigenvalue weighted by atomic mass is 16.7. The molecule has 2 aliphatic heterocycles. The summed E-state index contributed by atoms with van der Waals surface area (Å²) in [7, 11) is 1.50. The Balaban J connectivity index is 1.59. The van der Waals surface area contributed by atoms with Crippen molar-refractivity contribution in [2.75, 3.05) is 13.9 Å². The molecule has 1 aromatic heterocycles. The van der Waals surface area contributed by atoms with Crippen LogP contribution in [-0.2, 0) is 4.79 Å². The summed E-state index contributed by atoms with van der Waals surface area (Å²) in [4.78, 5) is 25.9. The first-order valence-corrected chi connectivity index (χ1v) is 10.7. The molecule has 0 fully saturated rings. The van der Waals surface area contributed by atoms with Crippen LogP contribution in [0.1, 0.15) is 23.5 Å². The number of carbonyl (C=O) groups excluding carboxylic acids is 1. The molecule has 3 heterocycles. The van der Waals surface area contributed by atoms with Crippen LogP contribution in [0.5, 0.6) is 34.5 Å². The quantitative estimate of drug-likeness (QED) is 0.334. The second kappa shape index (κ2) is 7.69. The van der Waals surface area contributed by atoms with Crippen LogP contribution < -0.4 is 24.4 Å². The van der Waals surface area contributed by atoms with Crippen LogP contribution in [-0.4, -0.2) is 30.1 Å². The molecule has 35 heavy (non-hydrogen) atoms. The molecule has 1 unspecified atom stereocenters. The second-order valence-corrected chi connectivity index (χ2v) is 8.22. The second-order valence-electron chi connectivity index (χ2n) is 8.22. The molecule has 1 atom stereocenters.